The van der Waals surface area contributed by atoms with E-state index in [4.69, 9.17) is 0 Å². The van der Waals surface area contributed by atoms with Crippen LogP contribution in [0.15, 0.2) is 6.07 Å². The van der Waals surface area contributed by atoms with Gasteiger partial charge in [0.25, 0.3) is 0 Å². The van der Waals surface area contributed by atoms with E-state index < -0.39 is 0 Å². The molecule has 0 aromatic carbocycles. The van der Waals surface area contributed by atoms with Gasteiger partial charge < -0.3 is 0 Å². The minimum absolute atomic E-state index is 0.799. The van der Waals surface area contributed by atoms with E-state index in [2.05, 4.69) is 32.3 Å². The van der Waals surface area contributed by atoms with Crippen LogP contribution < -0.4 is 0 Å². The summed E-state index contributed by atoms with van der Waals surface area (Å²) in [5.74, 6) is 0. The molecule has 0 spiro atoms. The standard InChI is InChI=1S/C4H4BrN2/c5-3-4-1-2-6-7-4/h1H,3H2,(H,6,7). The zero-order valence-electron chi connectivity index (χ0n) is 3.61. The molecule has 1 rings (SSSR count). The Labute approximate surface area is 50.1 Å². The highest BCUT2D eigenvalue weighted by molar-refractivity contribution is 9.08. The van der Waals surface area contributed by atoms with E-state index in [-0.39, 0.29) is 0 Å². The molecule has 7 heavy (non-hydrogen) atoms. The minimum Gasteiger partial charge on any atom is -0.276 e. The quantitative estimate of drug-likeness (QED) is 0.612. The van der Waals surface area contributed by atoms with E-state index >= 15 is 0 Å². The van der Waals surface area contributed by atoms with Gasteiger partial charge in [0.15, 0.2) is 0 Å². The normalized spacial score (nSPS) is 9.29. The van der Waals surface area contributed by atoms with Gasteiger partial charge in [-0.1, -0.05) is 15.9 Å². The minimum atomic E-state index is 0.799. The van der Waals surface area contributed by atoms with Crippen molar-refractivity contribution >= 4 is 15.9 Å². The van der Waals surface area contributed by atoms with Crippen molar-refractivity contribution in [2.45, 2.75) is 5.33 Å². The predicted octanol–water partition coefficient (Wildman–Crippen LogP) is 1.10. The van der Waals surface area contributed by atoms with Crippen LogP contribution in [0.2, 0.25) is 0 Å². The maximum absolute atomic E-state index is 3.81. The second-order valence-corrected chi connectivity index (χ2v) is 1.70. The van der Waals surface area contributed by atoms with Crippen LogP contribution in [0.25, 0.3) is 0 Å². The van der Waals surface area contributed by atoms with Crippen LogP contribution in [0.5, 0.6) is 0 Å². The fourth-order valence-electron chi connectivity index (χ4n) is 0.320. The van der Waals surface area contributed by atoms with Gasteiger partial charge >= 0.3 is 0 Å². The summed E-state index contributed by atoms with van der Waals surface area (Å²) in [6, 6.07) is 1.80. The Kier molecular flexibility index (Phi) is 1.46. The molecule has 0 fully saturated rings. The van der Waals surface area contributed by atoms with Crippen LogP contribution >= 0.6 is 15.9 Å². The maximum atomic E-state index is 3.81. The molecule has 37 valence electrons. The summed E-state index contributed by atoms with van der Waals surface area (Å²) in [6.45, 7) is 0. The first-order valence-corrected chi connectivity index (χ1v) is 3.02. The molecule has 0 atom stereocenters. The van der Waals surface area contributed by atoms with Crippen LogP contribution in [-0.4, -0.2) is 10.2 Å². The Morgan fingerprint density at radius 3 is 3.14 bits per heavy atom. The highest BCUT2D eigenvalue weighted by Gasteiger charge is 1.85. The Hall–Kier alpha value is -0.310. The number of H-pyrrole nitrogens is 1. The fourth-order valence-corrected chi connectivity index (χ4v) is 0.608. The largest absolute Gasteiger partial charge is 0.276 e. The second-order valence-electron chi connectivity index (χ2n) is 1.14. The third-order valence-electron chi connectivity index (χ3n) is 0.640. The highest BCUT2D eigenvalue weighted by atomic mass is 79.9. The molecule has 0 saturated heterocycles. The molecule has 1 heterocycles. The van der Waals surface area contributed by atoms with Crippen molar-refractivity contribution in [3.63, 3.8) is 0 Å². The Bertz CT molecular complexity index is 124. The third-order valence-corrected chi connectivity index (χ3v) is 1.21. The van der Waals surface area contributed by atoms with Crippen LogP contribution in [0.1, 0.15) is 5.69 Å². The molecule has 3 heteroatoms. The first-order valence-electron chi connectivity index (χ1n) is 1.90. The van der Waals surface area contributed by atoms with Crippen LogP contribution in [0.4, 0.5) is 0 Å². The Morgan fingerprint density at radius 2 is 2.86 bits per heavy atom. The summed E-state index contributed by atoms with van der Waals surface area (Å²) < 4.78 is 0. The summed E-state index contributed by atoms with van der Waals surface area (Å²) in [4.78, 5) is 0. The van der Waals surface area contributed by atoms with Crippen molar-refractivity contribution in [2.24, 2.45) is 0 Å². The molecular weight excluding hydrogens is 156 g/mol. The lowest BCUT2D eigenvalue weighted by atomic mass is 10.5. The zero-order valence-corrected chi connectivity index (χ0v) is 5.20. The molecule has 1 radical (unpaired) electrons. The van der Waals surface area contributed by atoms with Crippen molar-refractivity contribution in [3.8, 4) is 0 Å². The van der Waals surface area contributed by atoms with Gasteiger partial charge in [-0.25, -0.2) is 0 Å². The molecule has 0 unspecified atom stereocenters. The molecular formula is C4H4BrN2. The molecule has 2 nitrogen and oxygen atoms in total. The van der Waals surface area contributed by atoms with E-state index in [0.717, 1.165) is 11.0 Å². The lowest BCUT2D eigenvalue weighted by molar-refractivity contribution is 1.04. The molecule has 0 aliphatic heterocycles. The van der Waals surface area contributed by atoms with Crippen LogP contribution in [-0.2, 0) is 5.33 Å². The van der Waals surface area contributed by atoms with Crippen molar-refractivity contribution in [2.75, 3.05) is 0 Å². The van der Waals surface area contributed by atoms with Gasteiger partial charge in [0, 0.05) is 5.33 Å². The average molecular weight is 160 g/mol. The number of rotatable bonds is 1. The SMILES string of the molecule is BrCc1c[c][nH]n1. The molecule has 0 amide bonds. The molecule has 1 aromatic rings. The summed E-state index contributed by atoms with van der Waals surface area (Å²) in [5.41, 5.74) is 0.986. The molecule has 0 aliphatic carbocycles. The van der Waals surface area contributed by atoms with Crippen LogP contribution in [0, 0.1) is 6.20 Å². The topological polar surface area (TPSA) is 28.7 Å². The fraction of sp³-hybridized carbons (Fsp3) is 0.250. The van der Waals surface area contributed by atoms with Gasteiger partial charge in [0.2, 0.25) is 0 Å². The smallest absolute Gasteiger partial charge is 0.0831 e. The molecule has 1 N–H and O–H groups in total. The molecule has 0 saturated carbocycles. The van der Waals surface area contributed by atoms with E-state index in [1.165, 1.54) is 0 Å². The number of hydrogen-bond acceptors (Lipinski definition) is 1. The maximum Gasteiger partial charge on any atom is 0.0831 e. The number of aromatic nitrogens is 2. The first-order chi connectivity index (χ1) is 3.43. The van der Waals surface area contributed by atoms with Crippen molar-refractivity contribution in [1.82, 2.24) is 10.2 Å². The lowest BCUT2D eigenvalue weighted by Gasteiger charge is -1.75. The molecule has 0 bridgehead atoms. The second kappa shape index (κ2) is 2.12. The number of halogens is 1. The predicted molar refractivity (Wildman–Crippen MR) is 30.1 cm³/mol. The monoisotopic (exact) mass is 159 g/mol. The average Bonchev–Trinajstić information content (AvgIpc) is 2.14. The van der Waals surface area contributed by atoms with Gasteiger partial charge in [0.1, 0.15) is 0 Å². The highest BCUT2D eigenvalue weighted by Crippen LogP contribution is 1.96. The van der Waals surface area contributed by atoms with Crippen molar-refractivity contribution in [1.29, 1.82) is 0 Å². The molecule has 0 aliphatic rings. The van der Waals surface area contributed by atoms with E-state index in [0.29, 0.717) is 0 Å². The first kappa shape index (κ1) is 4.84. The van der Waals surface area contributed by atoms with Gasteiger partial charge in [-0.3, -0.25) is 5.10 Å². The van der Waals surface area contributed by atoms with E-state index in [9.17, 15) is 0 Å². The van der Waals surface area contributed by atoms with Crippen molar-refractivity contribution in [3.05, 3.63) is 18.0 Å². The van der Waals surface area contributed by atoms with E-state index in [1.54, 1.807) is 6.07 Å². The van der Waals surface area contributed by atoms with Gasteiger partial charge in [-0.15, -0.1) is 0 Å². The zero-order chi connectivity index (χ0) is 5.11. The number of aromatic amines is 1. The van der Waals surface area contributed by atoms with E-state index in [1.807, 2.05) is 0 Å². The van der Waals surface area contributed by atoms with Gasteiger partial charge in [0.05, 0.1) is 11.9 Å². The third kappa shape index (κ3) is 1.03. The summed E-state index contributed by atoms with van der Waals surface area (Å²) in [7, 11) is 0. The van der Waals surface area contributed by atoms with Crippen LogP contribution in [0.3, 0.4) is 0 Å². The lowest BCUT2D eigenvalue weighted by Crippen LogP contribution is -1.72. The molecule has 1 aromatic heterocycles. The summed E-state index contributed by atoms with van der Waals surface area (Å²) in [5, 5.41) is 7.18. The summed E-state index contributed by atoms with van der Waals surface area (Å²) >= 11 is 3.23. The number of hydrogen-bond donors (Lipinski definition) is 1. The van der Waals surface area contributed by atoms with Crippen molar-refractivity contribution < 1.29 is 0 Å². The van der Waals surface area contributed by atoms with Gasteiger partial charge in [-0.2, -0.15) is 5.10 Å². The number of nitrogens with one attached hydrogen (secondary N) is 1. The summed E-state index contributed by atoms with van der Waals surface area (Å²) in [6.07, 6.45) is 2.71. The van der Waals surface area contributed by atoms with Gasteiger partial charge in [-0.05, 0) is 6.07 Å². The Balaban J connectivity index is 2.76. The Morgan fingerprint density at radius 1 is 2.00 bits per heavy atom. The number of alkyl halides is 1. The number of nitrogens with zero attached hydrogens (tertiary/aromatic N) is 1.